The lowest BCUT2D eigenvalue weighted by Gasteiger charge is -2.11. The summed E-state index contributed by atoms with van der Waals surface area (Å²) in [6.07, 6.45) is 2.11. The molecule has 2 aromatic carbocycles. The number of ether oxygens (including phenoxy) is 1. The van der Waals surface area contributed by atoms with E-state index in [1.54, 1.807) is 6.07 Å². The molecule has 2 heterocycles. The summed E-state index contributed by atoms with van der Waals surface area (Å²) in [5.41, 5.74) is 3.13. The Morgan fingerprint density at radius 1 is 1.22 bits per heavy atom. The third-order valence-corrected chi connectivity index (χ3v) is 4.62. The van der Waals surface area contributed by atoms with Gasteiger partial charge in [-0.1, -0.05) is 41.1 Å². The number of aromatic nitrogens is 2. The number of hydrogen-bond donors (Lipinski definition) is 1. The Kier molecular flexibility index (Phi) is 4.98. The molecule has 4 rings (SSSR count). The van der Waals surface area contributed by atoms with Crippen molar-refractivity contribution in [2.75, 3.05) is 13.2 Å². The van der Waals surface area contributed by atoms with Crippen molar-refractivity contribution in [2.24, 2.45) is 0 Å². The van der Waals surface area contributed by atoms with Crippen LogP contribution in [0.15, 0.2) is 53.1 Å². The minimum absolute atomic E-state index is 0.0949. The molecule has 1 aromatic heterocycles. The molecule has 1 atom stereocenters. The maximum atomic E-state index is 12.7. The van der Waals surface area contributed by atoms with Gasteiger partial charge in [-0.15, -0.1) is 0 Å². The maximum Gasteiger partial charge on any atom is 0.259 e. The van der Waals surface area contributed by atoms with Crippen molar-refractivity contribution >= 4 is 5.91 Å². The van der Waals surface area contributed by atoms with Crippen molar-refractivity contribution in [3.63, 3.8) is 0 Å². The summed E-state index contributed by atoms with van der Waals surface area (Å²) in [6.45, 7) is 3.28. The van der Waals surface area contributed by atoms with Gasteiger partial charge in [-0.2, -0.15) is 4.98 Å². The van der Waals surface area contributed by atoms with Gasteiger partial charge in [0.1, 0.15) is 0 Å². The number of aryl methyl sites for hydroxylation is 1. The summed E-state index contributed by atoms with van der Waals surface area (Å²) in [6, 6.07) is 15.1. The van der Waals surface area contributed by atoms with Gasteiger partial charge in [-0.05, 0) is 38.0 Å². The monoisotopic (exact) mass is 363 g/mol. The van der Waals surface area contributed by atoms with Crippen molar-refractivity contribution in [3.8, 4) is 22.8 Å². The Morgan fingerprint density at radius 2 is 2.11 bits per heavy atom. The first-order valence-electron chi connectivity index (χ1n) is 9.10. The minimum Gasteiger partial charge on any atom is -0.376 e. The molecule has 138 valence electrons. The van der Waals surface area contributed by atoms with E-state index in [9.17, 15) is 4.79 Å². The summed E-state index contributed by atoms with van der Waals surface area (Å²) in [7, 11) is 0. The van der Waals surface area contributed by atoms with Crippen LogP contribution < -0.4 is 5.32 Å². The van der Waals surface area contributed by atoms with E-state index >= 15 is 0 Å². The summed E-state index contributed by atoms with van der Waals surface area (Å²) in [5.74, 6) is 0.661. The van der Waals surface area contributed by atoms with Gasteiger partial charge in [0.05, 0.1) is 17.2 Å². The molecule has 6 nitrogen and oxygen atoms in total. The fraction of sp³-hybridized carbons (Fsp3) is 0.286. The summed E-state index contributed by atoms with van der Waals surface area (Å²) in [4.78, 5) is 17.2. The first kappa shape index (κ1) is 17.4. The number of carbonyl (C=O) groups excluding carboxylic acids is 1. The molecule has 3 aromatic rings. The molecule has 1 fully saturated rings. The van der Waals surface area contributed by atoms with E-state index < -0.39 is 0 Å². The molecule has 1 aliphatic heterocycles. The summed E-state index contributed by atoms with van der Waals surface area (Å²) in [5, 5.41) is 7.02. The van der Waals surface area contributed by atoms with Crippen LogP contribution in [0.3, 0.4) is 0 Å². The van der Waals surface area contributed by atoms with Crippen molar-refractivity contribution in [2.45, 2.75) is 25.9 Å². The Bertz CT molecular complexity index is 945. The van der Waals surface area contributed by atoms with Gasteiger partial charge in [0.15, 0.2) is 0 Å². The van der Waals surface area contributed by atoms with E-state index in [1.807, 2.05) is 49.4 Å². The number of nitrogens with one attached hydrogen (secondary N) is 1. The third kappa shape index (κ3) is 3.90. The molecule has 1 N–H and O–H groups in total. The molecular formula is C21H21N3O3. The molecule has 1 saturated heterocycles. The van der Waals surface area contributed by atoms with Crippen LogP contribution in [0.4, 0.5) is 0 Å². The molecule has 0 spiro atoms. The molecule has 0 aliphatic carbocycles. The number of carbonyl (C=O) groups is 1. The number of rotatable bonds is 5. The lowest BCUT2D eigenvalue weighted by atomic mass is 10.1. The van der Waals surface area contributed by atoms with Gasteiger partial charge < -0.3 is 14.6 Å². The lowest BCUT2D eigenvalue weighted by Crippen LogP contribution is -2.32. The van der Waals surface area contributed by atoms with Gasteiger partial charge in [0.25, 0.3) is 11.8 Å². The largest absolute Gasteiger partial charge is 0.376 e. The fourth-order valence-electron chi connectivity index (χ4n) is 3.21. The highest BCUT2D eigenvalue weighted by atomic mass is 16.5. The number of amides is 1. The predicted molar refractivity (Wildman–Crippen MR) is 101 cm³/mol. The second kappa shape index (κ2) is 7.72. The van der Waals surface area contributed by atoms with Gasteiger partial charge >= 0.3 is 0 Å². The Balaban J connectivity index is 1.56. The van der Waals surface area contributed by atoms with Crippen molar-refractivity contribution in [3.05, 3.63) is 59.7 Å². The Hall–Kier alpha value is -2.99. The van der Waals surface area contributed by atoms with Crippen LogP contribution in [0.25, 0.3) is 22.8 Å². The van der Waals surface area contributed by atoms with Crippen molar-refractivity contribution < 1.29 is 14.1 Å². The van der Waals surface area contributed by atoms with Crippen LogP contribution >= 0.6 is 0 Å². The van der Waals surface area contributed by atoms with E-state index in [4.69, 9.17) is 9.26 Å². The first-order chi connectivity index (χ1) is 13.2. The van der Waals surface area contributed by atoms with E-state index in [0.717, 1.165) is 30.6 Å². The molecule has 0 saturated carbocycles. The highest BCUT2D eigenvalue weighted by molar-refractivity contribution is 6.00. The molecule has 1 aliphatic rings. The van der Waals surface area contributed by atoms with Gasteiger partial charge in [0.2, 0.25) is 5.82 Å². The average Bonchev–Trinajstić information content (AvgIpc) is 3.38. The second-order valence-corrected chi connectivity index (χ2v) is 6.68. The molecular weight excluding hydrogens is 342 g/mol. The van der Waals surface area contributed by atoms with Crippen LogP contribution in [-0.4, -0.2) is 35.3 Å². The molecule has 0 unspecified atom stereocenters. The lowest BCUT2D eigenvalue weighted by molar-refractivity contribution is 0.0858. The summed E-state index contributed by atoms with van der Waals surface area (Å²) >= 11 is 0. The smallest absolute Gasteiger partial charge is 0.259 e. The van der Waals surface area contributed by atoms with Crippen LogP contribution in [0.1, 0.15) is 28.8 Å². The SMILES string of the molecule is Cc1cccc(-c2noc(-c3ccccc3C(=O)NC[C@@H]3CCCO3)n2)c1. The summed E-state index contributed by atoms with van der Waals surface area (Å²) < 4.78 is 11.0. The zero-order valence-electron chi connectivity index (χ0n) is 15.1. The second-order valence-electron chi connectivity index (χ2n) is 6.68. The van der Waals surface area contributed by atoms with E-state index in [-0.39, 0.29) is 12.0 Å². The number of nitrogens with zero attached hydrogens (tertiary/aromatic N) is 2. The minimum atomic E-state index is -0.170. The topological polar surface area (TPSA) is 77.2 Å². The van der Waals surface area contributed by atoms with Crippen LogP contribution in [0.5, 0.6) is 0 Å². The Morgan fingerprint density at radius 3 is 2.93 bits per heavy atom. The molecule has 6 heteroatoms. The molecule has 1 amide bonds. The normalized spacial score (nSPS) is 16.4. The molecule has 0 radical (unpaired) electrons. The van der Waals surface area contributed by atoms with Gasteiger partial charge in [-0.3, -0.25) is 4.79 Å². The highest BCUT2D eigenvalue weighted by Gasteiger charge is 2.20. The number of hydrogen-bond acceptors (Lipinski definition) is 5. The standard InChI is InChI=1S/C21H21N3O3/c1-14-6-4-7-15(12-14)19-23-21(27-24-19)18-10-3-2-9-17(18)20(25)22-13-16-8-5-11-26-16/h2-4,6-7,9-10,12,16H,5,8,11,13H2,1H3,(H,22,25)/t16-/m0/s1. The van der Waals surface area contributed by atoms with Crippen LogP contribution in [0, 0.1) is 6.92 Å². The van der Waals surface area contributed by atoms with Crippen molar-refractivity contribution in [1.82, 2.24) is 15.5 Å². The van der Waals surface area contributed by atoms with E-state index in [1.165, 1.54) is 0 Å². The average molecular weight is 363 g/mol. The van der Waals surface area contributed by atoms with Crippen LogP contribution in [-0.2, 0) is 4.74 Å². The van der Waals surface area contributed by atoms with Crippen molar-refractivity contribution in [1.29, 1.82) is 0 Å². The van der Waals surface area contributed by atoms with E-state index in [0.29, 0.717) is 29.4 Å². The van der Waals surface area contributed by atoms with Gasteiger partial charge in [0, 0.05) is 18.7 Å². The van der Waals surface area contributed by atoms with Crippen LogP contribution in [0.2, 0.25) is 0 Å². The molecule has 0 bridgehead atoms. The fourth-order valence-corrected chi connectivity index (χ4v) is 3.21. The van der Waals surface area contributed by atoms with Gasteiger partial charge in [-0.25, -0.2) is 0 Å². The highest BCUT2D eigenvalue weighted by Crippen LogP contribution is 2.25. The predicted octanol–water partition coefficient (Wildman–Crippen LogP) is 3.62. The third-order valence-electron chi connectivity index (χ3n) is 4.62. The zero-order valence-corrected chi connectivity index (χ0v) is 15.1. The first-order valence-corrected chi connectivity index (χ1v) is 9.10. The maximum absolute atomic E-state index is 12.7. The zero-order chi connectivity index (χ0) is 18.6. The quantitative estimate of drug-likeness (QED) is 0.749. The number of benzene rings is 2. The molecule has 27 heavy (non-hydrogen) atoms. The Labute approximate surface area is 157 Å². The van der Waals surface area contributed by atoms with E-state index in [2.05, 4.69) is 15.5 Å².